The molecule has 5 rings (SSSR count). The van der Waals surface area contributed by atoms with Gasteiger partial charge in [-0.3, -0.25) is 4.98 Å². The van der Waals surface area contributed by atoms with E-state index in [4.69, 9.17) is 4.74 Å². The fourth-order valence-electron chi connectivity index (χ4n) is 5.11. The molecule has 3 N–H and O–H groups in total. The molecule has 1 aromatic heterocycles. The quantitative estimate of drug-likeness (QED) is 0.458. The number of anilines is 3. The van der Waals surface area contributed by atoms with Gasteiger partial charge in [0.2, 0.25) is 0 Å². The second kappa shape index (κ2) is 10.5. The molecular formula is C28H32N4O3. The van der Waals surface area contributed by atoms with Crippen molar-refractivity contribution in [2.75, 3.05) is 43.6 Å². The predicted octanol–water partition coefficient (Wildman–Crippen LogP) is 4.74. The molecule has 1 saturated heterocycles. The number of aromatic carboxylic acids is 1. The van der Waals surface area contributed by atoms with Gasteiger partial charge in [-0.1, -0.05) is 18.2 Å². The molecule has 0 bridgehead atoms. The van der Waals surface area contributed by atoms with Gasteiger partial charge in [-0.25, -0.2) is 4.79 Å². The van der Waals surface area contributed by atoms with E-state index in [9.17, 15) is 9.90 Å². The van der Waals surface area contributed by atoms with Gasteiger partial charge < -0.3 is 25.4 Å². The molecule has 7 heteroatoms. The van der Waals surface area contributed by atoms with Crippen LogP contribution < -0.4 is 15.5 Å². The predicted molar refractivity (Wildman–Crippen MR) is 138 cm³/mol. The van der Waals surface area contributed by atoms with Crippen molar-refractivity contribution >= 4 is 23.0 Å². The highest BCUT2D eigenvalue weighted by Gasteiger charge is 2.22. The molecular weight excluding hydrogens is 440 g/mol. The number of fused-ring (bicyclic) bond motifs is 1. The van der Waals surface area contributed by atoms with E-state index in [0.717, 1.165) is 44.7 Å². The SMILES string of the molecule is CN(c1ccc(C2CCOCC2)cc1)c1ccc2c(c1)CCNC2CNc1cnccc1C(=O)O. The number of ether oxygens (including phenoxy) is 1. The molecule has 1 fully saturated rings. The number of pyridine rings is 1. The van der Waals surface area contributed by atoms with E-state index in [1.165, 1.54) is 34.6 Å². The normalized spacial score (nSPS) is 18.0. The summed E-state index contributed by atoms with van der Waals surface area (Å²) in [6.07, 6.45) is 6.23. The highest BCUT2D eigenvalue weighted by atomic mass is 16.5. The summed E-state index contributed by atoms with van der Waals surface area (Å²) in [5.41, 5.74) is 7.07. The Morgan fingerprint density at radius 1 is 1.14 bits per heavy atom. The first-order valence-electron chi connectivity index (χ1n) is 12.3. The number of carboxylic acids is 1. The summed E-state index contributed by atoms with van der Waals surface area (Å²) in [6, 6.07) is 17.2. The van der Waals surface area contributed by atoms with E-state index in [2.05, 4.69) is 70.0 Å². The van der Waals surface area contributed by atoms with E-state index >= 15 is 0 Å². The molecule has 7 nitrogen and oxygen atoms in total. The van der Waals surface area contributed by atoms with Gasteiger partial charge in [-0.15, -0.1) is 0 Å². The molecule has 1 unspecified atom stereocenters. The third kappa shape index (κ3) is 5.16. The lowest BCUT2D eigenvalue weighted by Gasteiger charge is -2.30. The fourth-order valence-corrected chi connectivity index (χ4v) is 5.11. The first-order chi connectivity index (χ1) is 17.1. The maximum atomic E-state index is 11.5. The summed E-state index contributed by atoms with van der Waals surface area (Å²) >= 11 is 0. The number of benzene rings is 2. The highest BCUT2D eigenvalue weighted by Crippen LogP contribution is 2.33. The van der Waals surface area contributed by atoms with Crippen LogP contribution >= 0.6 is 0 Å². The topological polar surface area (TPSA) is 86.7 Å². The zero-order valence-electron chi connectivity index (χ0n) is 20.0. The third-order valence-corrected chi connectivity index (χ3v) is 7.20. The van der Waals surface area contributed by atoms with Crippen molar-refractivity contribution in [1.82, 2.24) is 10.3 Å². The summed E-state index contributed by atoms with van der Waals surface area (Å²) in [7, 11) is 2.11. The lowest BCUT2D eigenvalue weighted by Crippen LogP contribution is -2.34. The molecule has 0 aliphatic carbocycles. The first kappa shape index (κ1) is 23.3. The van der Waals surface area contributed by atoms with Gasteiger partial charge in [-0.2, -0.15) is 0 Å². The average Bonchev–Trinajstić information content (AvgIpc) is 2.92. The molecule has 35 heavy (non-hydrogen) atoms. The second-order valence-corrected chi connectivity index (χ2v) is 9.28. The van der Waals surface area contributed by atoms with Crippen LogP contribution in [0.4, 0.5) is 17.1 Å². The first-order valence-corrected chi connectivity index (χ1v) is 12.3. The number of nitrogens with zero attached hydrogens (tertiary/aromatic N) is 2. The summed E-state index contributed by atoms with van der Waals surface area (Å²) in [5, 5.41) is 16.3. The number of carboxylic acid groups (broad SMARTS) is 1. The van der Waals surface area contributed by atoms with Crippen molar-refractivity contribution in [1.29, 1.82) is 0 Å². The van der Waals surface area contributed by atoms with Crippen LogP contribution in [0.5, 0.6) is 0 Å². The number of nitrogens with one attached hydrogen (secondary N) is 2. The van der Waals surface area contributed by atoms with Gasteiger partial charge in [0.15, 0.2) is 0 Å². The molecule has 0 spiro atoms. The van der Waals surface area contributed by atoms with E-state index in [0.29, 0.717) is 18.2 Å². The minimum Gasteiger partial charge on any atom is -0.478 e. The zero-order valence-corrected chi connectivity index (χ0v) is 20.0. The second-order valence-electron chi connectivity index (χ2n) is 9.28. The molecule has 3 aromatic rings. The molecule has 3 heterocycles. The molecule has 2 aliphatic heterocycles. The molecule has 2 aliphatic rings. The Bertz CT molecular complexity index is 1180. The Morgan fingerprint density at radius 2 is 1.91 bits per heavy atom. The molecule has 1 atom stereocenters. The molecule has 0 radical (unpaired) electrons. The molecule has 0 amide bonds. The van der Waals surface area contributed by atoms with Crippen molar-refractivity contribution < 1.29 is 14.6 Å². The third-order valence-electron chi connectivity index (χ3n) is 7.20. The number of carbonyl (C=O) groups is 1. The zero-order chi connectivity index (χ0) is 24.2. The van der Waals surface area contributed by atoms with Crippen LogP contribution in [-0.4, -0.2) is 49.4 Å². The fraction of sp³-hybridized carbons (Fsp3) is 0.357. The lowest BCUT2D eigenvalue weighted by atomic mass is 9.91. The number of hydrogen-bond acceptors (Lipinski definition) is 6. The van der Waals surface area contributed by atoms with Crippen molar-refractivity contribution in [3.05, 3.63) is 83.2 Å². The van der Waals surface area contributed by atoms with Crippen LogP contribution in [0.3, 0.4) is 0 Å². The van der Waals surface area contributed by atoms with Gasteiger partial charge in [0.25, 0.3) is 0 Å². The standard InChI is InChI=1S/C28H32N4O3/c1-32(22-4-2-19(3-5-22)20-10-14-35-15-11-20)23-6-7-24-21(16-23)8-13-30-27(24)18-31-26-17-29-12-9-25(26)28(33)34/h2-7,9,12,16-17,20,27,30-31H,8,10-11,13-15,18H2,1H3,(H,33,34). The molecule has 2 aromatic carbocycles. The highest BCUT2D eigenvalue weighted by molar-refractivity contribution is 5.93. The van der Waals surface area contributed by atoms with Gasteiger partial charge >= 0.3 is 5.97 Å². The van der Waals surface area contributed by atoms with Crippen LogP contribution in [0, 0.1) is 0 Å². The summed E-state index contributed by atoms with van der Waals surface area (Å²) < 4.78 is 5.50. The monoisotopic (exact) mass is 472 g/mol. The molecule has 182 valence electrons. The maximum Gasteiger partial charge on any atom is 0.337 e. The van der Waals surface area contributed by atoms with Crippen molar-refractivity contribution in [2.45, 2.75) is 31.2 Å². The Hall–Kier alpha value is -3.42. The Balaban J connectivity index is 1.29. The van der Waals surface area contributed by atoms with Crippen molar-refractivity contribution in [3.63, 3.8) is 0 Å². The van der Waals surface area contributed by atoms with E-state index in [-0.39, 0.29) is 11.6 Å². The van der Waals surface area contributed by atoms with Gasteiger partial charge in [0, 0.05) is 50.4 Å². The van der Waals surface area contributed by atoms with E-state index in [1.54, 1.807) is 6.20 Å². The lowest BCUT2D eigenvalue weighted by molar-refractivity contribution is 0.0697. The van der Waals surface area contributed by atoms with Crippen LogP contribution in [0.2, 0.25) is 0 Å². The van der Waals surface area contributed by atoms with Crippen LogP contribution in [0.15, 0.2) is 60.9 Å². The minimum atomic E-state index is -0.958. The van der Waals surface area contributed by atoms with Crippen LogP contribution in [0.1, 0.15) is 51.8 Å². The number of aromatic nitrogens is 1. The van der Waals surface area contributed by atoms with E-state index < -0.39 is 5.97 Å². The Morgan fingerprint density at radius 3 is 2.69 bits per heavy atom. The molecule has 0 saturated carbocycles. The summed E-state index contributed by atoms with van der Waals surface area (Å²) in [6.45, 7) is 3.18. The smallest absolute Gasteiger partial charge is 0.337 e. The van der Waals surface area contributed by atoms with Crippen molar-refractivity contribution in [2.24, 2.45) is 0 Å². The van der Waals surface area contributed by atoms with Gasteiger partial charge in [0.05, 0.1) is 17.4 Å². The maximum absolute atomic E-state index is 11.5. The number of hydrogen-bond donors (Lipinski definition) is 3. The van der Waals surface area contributed by atoms with E-state index in [1.807, 2.05) is 0 Å². The Kier molecular flexibility index (Phi) is 6.97. The number of rotatable bonds is 7. The largest absolute Gasteiger partial charge is 0.478 e. The van der Waals surface area contributed by atoms with Gasteiger partial charge in [0.1, 0.15) is 0 Å². The summed E-state index contributed by atoms with van der Waals surface area (Å²) in [4.78, 5) is 17.8. The Labute approximate surface area is 206 Å². The average molecular weight is 473 g/mol. The van der Waals surface area contributed by atoms with Crippen LogP contribution in [-0.2, 0) is 11.2 Å². The minimum absolute atomic E-state index is 0.0960. The van der Waals surface area contributed by atoms with Crippen LogP contribution in [0.25, 0.3) is 0 Å². The van der Waals surface area contributed by atoms with Gasteiger partial charge in [-0.05, 0) is 78.7 Å². The summed E-state index contributed by atoms with van der Waals surface area (Å²) in [5.74, 6) is -0.358. The van der Waals surface area contributed by atoms with Crippen molar-refractivity contribution in [3.8, 4) is 0 Å².